The van der Waals surface area contributed by atoms with Crippen LogP contribution in [0.1, 0.15) is 77.9 Å². The Morgan fingerprint density at radius 2 is 1.88 bits per heavy atom. The Bertz CT molecular complexity index is 1100. The Morgan fingerprint density at radius 3 is 2.56 bits per heavy atom. The van der Waals surface area contributed by atoms with Crippen molar-refractivity contribution in [2.24, 2.45) is 5.92 Å². The van der Waals surface area contributed by atoms with Crippen LogP contribution in [-0.2, 0) is 13.0 Å². The van der Waals surface area contributed by atoms with Crippen molar-refractivity contribution in [3.05, 3.63) is 65.5 Å². The number of rotatable bonds is 8. The zero-order valence-corrected chi connectivity index (χ0v) is 18.3. The lowest BCUT2D eigenvalue weighted by atomic mass is 9.86. The van der Waals surface area contributed by atoms with Gasteiger partial charge in [-0.15, -0.1) is 5.10 Å². The summed E-state index contributed by atoms with van der Waals surface area (Å²) in [6.07, 6.45) is 8.59. The second kappa shape index (κ2) is 9.85. The highest BCUT2D eigenvalue weighted by molar-refractivity contribution is 5.96. The molecular weight excluding hydrogens is 404 g/mol. The van der Waals surface area contributed by atoms with E-state index in [0.29, 0.717) is 17.9 Å². The normalized spacial score (nSPS) is 14.4. The van der Waals surface area contributed by atoms with Crippen LogP contribution in [0.15, 0.2) is 42.6 Å². The van der Waals surface area contributed by atoms with Crippen LogP contribution in [-0.4, -0.2) is 36.6 Å². The predicted molar refractivity (Wildman–Crippen MR) is 121 cm³/mol. The number of benzene rings is 1. The van der Waals surface area contributed by atoms with Crippen molar-refractivity contribution in [3.63, 3.8) is 0 Å². The Labute approximate surface area is 187 Å². The van der Waals surface area contributed by atoms with Crippen LogP contribution < -0.4 is 0 Å². The summed E-state index contributed by atoms with van der Waals surface area (Å²) in [5, 5.41) is 14.0. The molecule has 0 spiro atoms. The minimum absolute atomic E-state index is 0.0424. The molecule has 1 fully saturated rings. The third-order valence-corrected chi connectivity index (χ3v) is 6.02. The number of carbonyl (C=O) groups is 2. The summed E-state index contributed by atoms with van der Waals surface area (Å²) < 4.78 is 1.78. The molecule has 166 valence electrons. The highest BCUT2D eigenvalue weighted by atomic mass is 16.4. The Hall–Kier alpha value is -3.35. The first-order valence-corrected chi connectivity index (χ1v) is 11.3. The van der Waals surface area contributed by atoms with Crippen molar-refractivity contribution >= 4 is 11.8 Å². The number of carboxylic acid groups (broad SMARTS) is 1. The van der Waals surface area contributed by atoms with E-state index in [1.165, 1.54) is 6.42 Å². The van der Waals surface area contributed by atoms with E-state index in [2.05, 4.69) is 22.0 Å². The number of nitrogens with zero attached hydrogens (tertiary/aromatic N) is 4. The van der Waals surface area contributed by atoms with Gasteiger partial charge in [0.25, 0.3) is 0 Å². The minimum atomic E-state index is -0.966. The zero-order chi connectivity index (χ0) is 22.5. The monoisotopic (exact) mass is 432 g/mol. The molecule has 0 amide bonds. The van der Waals surface area contributed by atoms with Gasteiger partial charge in [0, 0.05) is 24.1 Å². The number of hydrogen-bond donors (Lipinski definition) is 1. The maximum atomic E-state index is 12.9. The molecule has 0 unspecified atom stereocenters. The number of hydrogen-bond acceptors (Lipinski definition) is 5. The van der Waals surface area contributed by atoms with E-state index in [1.54, 1.807) is 29.1 Å². The number of Topliss-reactive ketones (excluding diaryl/α,β-unsaturated/α-hetero) is 1. The van der Waals surface area contributed by atoms with Crippen molar-refractivity contribution in [2.75, 3.05) is 0 Å². The SMILES string of the molecule is CCCc1nc(C(=O)C2CCCCC2)nn1Cc1ccc(-c2ccccc2C(=O)O)cn1. The Balaban J connectivity index is 1.55. The fourth-order valence-corrected chi connectivity index (χ4v) is 4.31. The van der Waals surface area contributed by atoms with Crippen LogP contribution in [0.3, 0.4) is 0 Å². The molecule has 32 heavy (non-hydrogen) atoms. The average Bonchev–Trinajstić information content (AvgIpc) is 3.22. The molecule has 1 aliphatic rings. The molecule has 4 rings (SSSR count). The number of carbonyl (C=O) groups excluding carboxylic acids is 1. The molecule has 1 N–H and O–H groups in total. The lowest BCUT2D eigenvalue weighted by molar-refractivity contribution is 0.0697. The summed E-state index contributed by atoms with van der Waals surface area (Å²) in [5.74, 6) is 0.267. The van der Waals surface area contributed by atoms with Gasteiger partial charge in [0.05, 0.1) is 17.8 Å². The average molecular weight is 433 g/mol. The predicted octanol–water partition coefficient (Wildman–Crippen LogP) is 4.80. The number of aromatic nitrogens is 4. The van der Waals surface area contributed by atoms with Gasteiger partial charge in [-0.1, -0.05) is 50.5 Å². The fourth-order valence-electron chi connectivity index (χ4n) is 4.31. The lowest BCUT2D eigenvalue weighted by Crippen LogP contribution is -2.19. The number of ketones is 1. The first-order valence-electron chi connectivity index (χ1n) is 11.3. The van der Waals surface area contributed by atoms with Crippen molar-refractivity contribution in [1.29, 1.82) is 0 Å². The number of carboxylic acids is 1. The maximum absolute atomic E-state index is 12.9. The van der Waals surface area contributed by atoms with Gasteiger partial charge < -0.3 is 5.11 Å². The molecule has 3 aromatic rings. The number of aryl methyl sites for hydroxylation is 1. The van der Waals surface area contributed by atoms with Crippen molar-refractivity contribution in [3.8, 4) is 11.1 Å². The summed E-state index contributed by atoms with van der Waals surface area (Å²) in [6.45, 7) is 2.50. The summed E-state index contributed by atoms with van der Waals surface area (Å²) in [7, 11) is 0. The Kier molecular flexibility index (Phi) is 6.73. The first kappa shape index (κ1) is 21.9. The van der Waals surface area contributed by atoms with E-state index in [0.717, 1.165) is 55.6 Å². The summed E-state index contributed by atoms with van der Waals surface area (Å²) in [4.78, 5) is 33.5. The van der Waals surface area contributed by atoms with Crippen LogP contribution in [0.4, 0.5) is 0 Å². The van der Waals surface area contributed by atoms with Crippen LogP contribution in [0.25, 0.3) is 11.1 Å². The lowest BCUT2D eigenvalue weighted by Gasteiger charge is -2.18. The van der Waals surface area contributed by atoms with Gasteiger partial charge in [-0.2, -0.15) is 0 Å². The largest absolute Gasteiger partial charge is 0.478 e. The van der Waals surface area contributed by atoms with Gasteiger partial charge in [-0.05, 0) is 37.0 Å². The van der Waals surface area contributed by atoms with E-state index >= 15 is 0 Å². The van der Waals surface area contributed by atoms with Gasteiger partial charge in [-0.3, -0.25) is 9.78 Å². The highest BCUT2D eigenvalue weighted by Crippen LogP contribution is 2.26. The van der Waals surface area contributed by atoms with Gasteiger partial charge in [0.1, 0.15) is 5.82 Å². The van der Waals surface area contributed by atoms with Crippen molar-refractivity contribution < 1.29 is 14.7 Å². The molecule has 0 bridgehead atoms. The van der Waals surface area contributed by atoms with E-state index < -0.39 is 5.97 Å². The molecule has 7 heteroatoms. The van der Waals surface area contributed by atoms with Gasteiger partial charge in [0.15, 0.2) is 0 Å². The molecule has 0 aliphatic heterocycles. The number of pyridine rings is 1. The smallest absolute Gasteiger partial charge is 0.336 e. The molecule has 7 nitrogen and oxygen atoms in total. The van der Waals surface area contributed by atoms with Crippen molar-refractivity contribution in [1.82, 2.24) is 19.7 Å². The van der Waals surface area contributed by atoms with E-state index in [-0.39, 0.29) is 17.3 Å². The van der Waals surface area contributed by atoms with Crippen LogP contribution in [0.2, 0.25) is 0 Å². The topological polar surface area (TPSA) is 98.0 Å². The third-order valence-electron chi connectivity index (χ3n) is 6.02. The van der Waals surface area contributed by atoms with Gasteiger partial charge >= 0.3 is 5.97 Å². The van der Waals surface area contributed by atoms with Gasteiger partial charge in [-0.25, -0.2) is 14.5 Å². The molecule has 0 radical (unpaired) electrons. The molecule has 1 saturated carbocycles. The zero-order valence-electron chi connectivity index (χ0n) is 18.3. The molecule has 1 aliphatic carbocycles. The quantitative estimate of drug-likeness (QED) is 0.513. The molecule has 2 heterocycles. The summed E-state index contributed by atoms with van der Waals surface area (Å²) in [5.41, 5.74) is 2.40. The summed E-state index contributed by atoms with van der Waals surface area (Å²) in [6, 6.07) is 10.6. The van der Waals surface area contributed by atoms with E-state index in [4.69, 9.17) is 0 Å². The fraction of sp³-hybridized carbons (Fsp3) is 0.400. The standard InChI is InChI=1S/C25H28N4O3/c1-2-8-22-27-24(23(30)17-9-4-3-5-10-17)28-29(22)16-19-14-13-18(15-26-19)20-11-6-7-12-21(20)25(31)32/h6-7,11-15,17H,2-5,8-10,16H2,1H3,(H,31,32). The molecule has 0 atom stereocenters. The van der Waals surface area contributed by atoms with Crippen LogP contribution in [0.5, 0.6) is 0 Å². The summed E-state index contributed by atoms with van der Waals surface area (Å²) >= 11 is 0. The number of aromatic carboxylic acids is 1. The Morgan fingerprint density at radius 1 is 1.09 bits per heavy atom. The van der Waals surface area contributed by atoms with E-state index in [9.17, 15) is 14.7 Å². The molecule has 2 aromatic heterocycles. The van der Waals surface area contributed by atoms with Crippen molar-refractivity contribution in [2.45, 2.75) is 58.4 Å². The van der Waals surface area contributed by atoms with Crippen LogP contribution in [0, 0.1) is 5.92 Å². The maximum Gasteiger partial charge on any atom is 0.336 e. The minimum Gasteiger partial charge on any atom is -0.478 e. The second-order valence-electron chi connectivity index (χ2n) is 8.35. The third kappa shape index (κ3) is 4.77. The highest BCUT2D eigenvalue weighted by Gasteiger charge is 2.26. The van der Waals surface area contributed by atoms with E-state index in [1.807, 2.05) is 18.2 Å². The molecular formula is C25H28N4O3. The van der Waals surface area contributed by atoms with Crippen LogP contribution >= 0.6 is 0 Å². The van der Waals surface area contributed by atoms with Gasteiger partial charge in [0.2, 0.25) is 11.6 Å². The molecule has 0 saturated heterocycles. The second-order valence-corrected chi connectivity index (χ2v) is 8.35. The molecule has 1 aromatic carbocycles. The first-order chi connectivity index (χ1) is 15.6.